The van der Waals surface area contributed by atoms with Crippen molar-refractivity contribution in [1.82, 2.24) is 9.71 Å². The summed E-state index contributed by atoms with van der Waals surface area (Å²) in [6, 6.07) is 4.32. The Morgan fingerprint density at radius 3 is 2.83 bits per heavy atom. The first-order valence-electron chi connectivity index (χ1n) is 7.58. The number of sulfonamides is 1. The fourth-order valence-electron chi connectivity index (χ4n) is 2.63. The van der Waals surface area contributed by atoms with E-state index in [1.807, 2.05) is 0 Å². The summed E-state index contributed by atoms with van der Waals surface area (Å²) in [5.74, 6) is -0.601. The van der Waals surface area contributed by atoms with Crippen molar-refractivity contribution in [3.05, 3.63) is 28.7 Å². The third-order valence-corrected chi connectivity index (χ3v) is 5.36. The molecule has 126 valence electrons. The Morgan fingerprint density at radius 2 is 2.04 bits per heavy atom. The van der Waals surface area contributed by atoms with Crippen LogP contribution in [0.4, 0.5) is 0 Å². The molecule has 1 aliphatic rings. The minimum Gasteiger partial charge on any atom is -0.408 e. The van der Waals surface area contributed by atoms with Crippen molar-refractivity contribution >= 4 is 21.1 Å². The van der Waals surface area contributed by atoms with E-state index in [9.17, 15) is 13.2 Å². The summed E-state index contributed by atoms with van der Waals surface area (Å²) in [6.45, 7) is 4.76. The van der Waals surface area contributed by atoms with Crippen LogP contribution in [-0.4, -0.2) is 52.8 Å². The van der Waals surface area contributed by atoms with Gasteiger partial charge in [0.2, 0.25) is 10.0 Å². The molecular formula is C14H20N3O5S+. The van der Waals surface area contributed by atoms with Crippen LogP contribution in [0.1, 0.15) is 6.42 Å². The number of ether oxygens (including phenoxy) is 1. The van der Waals surface area contributed by atoms with Crippen LogP contribution in [0.2, 0.25) is 0 Å². The zero-order valence-electron chi connectivity index (χ0n) is 12.6. The molecule has 0 saturated carbocycles. The number of aromatic amines is 1. The molecule has 0 bridgehead atoms. The van der Waals surface area contributed by atoms with Gasteiger partial charge in [-0.15, -0.1) is 0 Å². The molecule has 9 heteroatoms. The molecule has 0 spiro atoms. The summed E-state index contributed by atoms with van der Waals surface area (Å²) in [5, 5.41) is 0. The van der Waals surface area contributed by atoms with E-state index in [2.05, 4.69) is 9.71 Å². The van der Waals surface area contributed by atoms with Crippen LogP contribution in [0.25, 0.3) is 11.1 Å². The smallest absolute Gasteiger partial charge is 0.408 e. The van der Waals surface area contributed by atoms with E-state index in [0.29, 0.717) is 12.1 Å². The van der Waals surface area contributed by atoms with Gasteiger partial charge in [-0.05, 0) is 12.1 Å². The summed E-state index contributed by atoms with van der Waals surface area (Å²) in [4.78, 5) is 15.1. The van der Waals surface area contributed by atoms with Crippen LogP contribution in [0, 0.1) is 0 Å². The minimum absolute atomic E-state index is 0.0893. The lowest BCUT2D eigenvalue weighted by Crippen LogP contribution is -3.14. The summed E-state index contributed by atoms with van der Waals surface area (Å²) < 4.78 is 37.3. The number of fused-ring (bicyclic) bond motifs is 1. The lowest BCUT2D eigenvalue weighted by Gasteiger charge is -2.23. The molecule has 1 aliphatic heterocycles. The van der Waals surface area contributed by atoms with Crippen molar-refractivity contribution in [2.45, 2.75) is 11.3 Å². The molecule has 1 fully saturated rings. The molecule has 2 heterocycles. The Balaban J connectivity index is 1.57. The molecule has 1 aromatic heterocycles. The normalized spacial score (nSPS) is 16.9. The van der Waals surface area contributed by atoms with Crippen LogP contribution in [-0.2, 0) is 14.8 Å². The number of benzene rings is 1. The van der Waals surface area contributed by atoms with Crippen molar-refractivity contribution < 1.29 is 22.5 Å². The number of nitrogens with one attached hydrogen (secondary N) is 3. The Labute approximate surface area is 133 Å². The Kier molecular flexibility index (Phi) is 4.81. The Morgan fingerprint density at radius 1 is 1.26 bits per heavy atom. The first-order chi connectivity index (χ1) is 11.0. The molecule has 8 nitrogen and oxygen atoms in total. The maximum absolute atomic E-state index is 12.3. The second-order valence-corrected chi connectivity index (χ2v) is 7.30. The van der Waals surface area contributed by atoms with Gasteiger partial charge in [0.1, 0.15) is 13.1 Å². The van der Waals surface area contributed by atoms with Crippen molar-refractivity contribution in [3.8, 4) is 0 Å². The highest BCUT2D eigenvalue weighted by Gasteiger charge is 2.17. The lowest BCUT2D eigenvalue weighted by atomic mass is 10.3. The van der Waals surface area contributed by atoms with Gasteiger partial charge in [-0.2, -0.15) is 0 Å². The molecule has 0 aliphatic carbocycles. The van der Waals surface area contributed by atoms with Crippen molar-refractivity contribution in [2.75, 3.05) is 39.4 Å². The summed E-state index contributed by atoms with van der Waals surface area (Å²) in [5.41, 5.74) is 0.709. The number of hydrogen-bond acceptors (Lipinski definition) is 5. The molecule has 0 atom stereocenters. The maximum Gasteiger partial charge on any atom is 0.417 e. The predicted molar refractivity (Wildman–Crippen MR) is 83.0 cm³/mol. The van der Waals surface area contributed by atoms with Gasteiger partial charge in [-0.1, -0.05) is 0 Å². The quantitative estimate of drug-likeness (QED) is 0.566. The predicted octanol–water partition coefficient (Wildman–Crippen LogP) is -1.30. The molecular weight excluding hydrogens is 322 g/mol. The standard InChI is InChI=1S/C14H19N3O5S/c18-14-16-12-3-2-11(10-13(12)22-14)23(19,20)15-4-1-5-17-6-8-21-9-7-17/h2-3,10,15H,1,4-9H2,(H,16,18)/p+1. The zero-order valence-corrected chi connectivity index (χ0v) is 13.4. The fraction of sp³-hybridized carbons (Fsp3) is 0.500. The molecule has 1 saturated heterocycles. The highest BCUT2D eigenvalue weighted by atomic mass is 32.2. The molecule has 23 heavy (non-hydrogen) atoms. The van der Waals surface area contributed by atoms with Gasteiger partial charge in [0.05, 0.1) is 30.2 Å². The van der Waals surface area contributed by atoms with Gasteiger partial charge in [0, 0.05) is 19.0 Å². The number of oxazole rings is 1. The molecule has 1 aromatic carbocycles. The highest BCUT2D eigenvalue weighted by molar-refractivity contribution is 7.89. The first-order valence-corrected chi connectivity index (χ1v) is 9.07. The second-order valence-electron chi connectivity index (χ2n) is 5.54. The topological polar surface area (TPSA) is 106 Å². The van der Waals surface area contributed by atoms with Crippen LogP contribution >= 0.6 is 0 Å². The van der Waals surface area contributed by atoms with Gasteiger partial charge in [0.15, 0.2) is 5.58 Å². The first kappa shape index (κ1) is 16.2. The van der Waals surface area contributed by atoms with Crippen LogP contribution in [0.3, 0.4) is 0 Å². The number of aromatic nitrogens is 1. The van der Waals surface area contributed by atoms with E-state index in [4.69, 9.17) is 9.15 Å². The summed E-state index contributed by atoms with van der Waals surface area (Å²) in [6.07, 6.45) is 0.760. The van der Waals surface area contributed by atoms with E-state index in [1.165, 1.54) is 23.1 Å². The monoisotopic (exact) mass is 342 g/mol. The molecule has 0 amide bonds. The highest BCUT2D eigenvalue weighted by Crippen LogP contribution is 2.16. The SMILES string of the molecule is O=c1[nH]c2ccc(S(=O)(=O)NCCC[NH+]3CCOCC3)cc2o1. The van der Waals surface area contributed by atoms with Crippen LogP contribution in [0.15, 0.2) is 32.3 Å². The molecule has 0 unspecified atom stereocenters. The number of morpholine rings is 1. The van der Waals surface area contributed by atoms with E-state index >= 15 is 0 Å². The van der Waals surface area contributed by atoms with Crippen molar-refractivity contribution in [1.29, 1.82) is 0 Å². The van der Waals surface area contributed by atoms with Gasteiger partial charge in [-0.3, -0.25) is 4.98 Å². The van der Waals surface area contributed by atoms with E-state index in [-0.39, 0.29) is 10.5 Å². The van der Waals surface area contributed by atoms with Crippen molar-refractivity contribution in [3.63, 3.8) is 0 Å². The van der Waals surface area contributed by atoms with E-state index in [1.54, 1.807) is 0 Å². The number of hydrogen-bond donors (Lipinski definition) is 3. The third kappa shape index (κ3) is 3.99. The van der Waals surface area contributed by atoms with Crippen LogP contribution < -0.4 is 15.4 Å². The molecule has 0 radical (unpaired) electrons. The number of rotatable bonds is 6. The molecule has 2 aromatic rings. The minimum atomic E-state index is -3.61. The van der Waals surface area contributed by atoms with E-state index < -0.39 is 15.8 Å². The fourth-order valence-corrected chi connectivity index (χ4v) is 3.72. The van der Waals surface area contributed by atoms with E-state index in [0.717, 1.165) is 39.3 Å². The van der Waals surface area contributed by atoms with Gasteiger partial charge >= 0.3 is 5.76 Å². The summed E-state index contributed by atoms with van der Waals surface area (Å²) >= 11 is 0. The van der Waals surface area contributed by atoms with Gasteiger partial charge < -0.3 is 14.1 Å². The average molecular weight is 342 g/mol. The second kappa shape index (κ2) is 6.83. The number of H-pyrrole nitrogens is 1. The zero-order chi connectivity index (χ0) is 16.3. The summed E-state index contributed by atoms with van der Waals surface area (Å²) in [7, 11) is -3.61. The Hall–Kier alpha value is -1.68. The van der Waals surface area contributed by atoms with Gasteiger partial charge in [0.25, 0.3) is 0 Å². The maximum atomic E-state index is 12.3. The largest absolute Gasteiger partial charge is 0.417 e. The average Bonchev–Trinajstić information content (AvgIpc) is 2.92. The third-order valence-electron chi connectivity index (χ3n) is 3.90. The number of quaternary nitrogens is 1. The molecule has 3 rings (SSSR count). The Bertz CT molecular complexity index is 820. The van der Waals surface area contributed by atoms with Crippen LogP contribution in [0.5, 0.6) is 0 Å². The van der Waals surface area contributed by atoms with Crippen molar-refractivity contribution in [2.24, 2.45) is 0 Å². The van der Waals surface area contributed by atoms with Gasteiger partial charge in [-0.25, -0.2) is 17.9 Å². The molecule has 3 N–H and O–H groups in total. The lowest BCUT2D eigenvalue weighted by molar-refractivity contribution is -0.908.